The Balaban J connectivity index is 1.79. The SMILES string of the molecule is O=C(/C=C/c1ccccc1F)NCCc1cccs1. The number of halogens is 1. The lowest BCUT2D eigenvalue weighted by Crippen LogP contribution is -2.23. The number of benzene rings is 1. The van der Waals surface area contributed by atoms with Gasteiger partial charge in [0.1, 0.15) is 5.82 Å². The van der Waals surface area contributed by atoms with Gasteiger partial charge in [0.15, 0.2) is 0 Å². The Bertz CT molecular complexity index is 563. The molecule has 2 nitrogen and oxygen atoms in total. The van der Waals surface area contributed by atoms with Crippen LogP contribution in [0, 0.1) is 5.82 Å². The van der Waals surface area contributed by atoms with Crippen LogP contribution in [-0.4, -0.2) is 12.5 Å². The average Bonchev–Trinajstić information content (AvgIpc) is 2.91. The molecule has 19 heavy (non-hydrogen) atoms. The number of carbonyl (C=O) groups excluding carboxylic acids is 1. The second-order valence-corrected chi connectivity index (χ2v) is 5.01. The van der Waals surface area contributed by atoms with Gasteiger partial charge in [-0.05, 0) is 30.0 Å². The highest BCUT2D eigenvalue weighted by molar-refractivity contribution is 7.09. The van der Waals surface area contributed by atoms with Crippen molar-refractivity contribution in [3.8, 4) is 0 Å². The number of thiophene rings is 1. The second-order valence-electron chi connectivity index (χ2n) is 3.98. The van der Waals surface area contributed by atoms with Gasteiger partial charge in [0.25, 0.3) is 0 Å². The maximum Gasteiger partial charge on any atom is 0.244 e. The molecule has 0 saturated heterocycles. The second kappa shape index (κ2) is 6.85. The minimum atomic E-state index is -0.329. The lowest BCUT2D eigenvalue weighted by Gasteiger charge is -2.00. The molecule has 0 spiro atoms. The summed E-state index contributed by atoms with van der Waals surface area (Å²) in [6.07, 6.45) is 3.65. The summed E-state index contributed by atoms with van der Waals surface area (Å²) in [5.74, 6) is -0.537. The van der Waals surface area contributed by atoms with Crippen molar-refractivity contribution in [2.45, 2.75) is 6.42 Å². The predicted molar refractivity (Wildman–Crippen MR) is 76.5 cm³/mol. The highest BCUT2D eigenvalue weighted by Crippen LogP contribution is 2.09. The lowest BCUT2D eigenvalue weighted by atomic mass is 10.2. The van der Waals surface area contributed by atoms with Crippen molar-refractivity contribution in [2.75, 3.05) is 6.54 Å². The minimum Gasteiger partial charge on any atom is -0.352 e. The van der Waals surface area contributed by atoms with Crippen molar-refractivity contribution >= 4 is 23.3 Å². The molecule has 0 aliphatic heterocycles. The maximum absolute atomic E-state index is 13.3. The Morgan fingerprint density at radius 3 is 2.84 bits per heavy atom. The molecular formula is C15H14FNOS. The zero-order chi connectivity index (χ0) is 13.5. The predicted octanol–water partition coefficient (Wildman–Crippen LogP) is 3.26. The van der Waals surface area contributed by atoms with Crippen LogP contribution >= 0.6 is 11.3 Å². The van der Waals surface area contributed by atoms with E-state index in [1.807, 2.05) is 17.5 Å². The fourth-order valence-corrected chi connectivity index (χ4v) is 2.31. The van der Waals surface area contributed by atoms with Gasteiger partial charge >= 0.3 is 0 Å². The molecule has 1 amide bonds. The Morgan fingerprint density at radius 1 is 1.26 bits per heavy atom. The molecule has 0 radical (unpaired) electrons. The Labute approximate surface area is 115 Å². The summed E-state index contributed by atoms with van der Waals surface area (Å²) in [5.41, 5.74) is 0.413. The van der Waals surface area contributed by atoms with Crippen molar-refractivity contribution < 1.29 is 9.18 Å². The molecule has 1 heterocycles. The Kier molecular flexibility index (Phi) is 4.86. The molecule has 2 aromatic rings. The van der Waals surface area contributed by atoms with E-state index >= 15 is 0 Å². The topological polar surface area (TPSA) is 29.1 Å². The number of hydrogen-bond acceptors (Lipinski definition) is 2. The molecule has 2 rings (SSSR count). The standard InChI is InChI=1S/C15H14FNOS/c16-14-6-2-1-4-12(14)7-8-15(18)17-10-9-13-5-3-11-19-13/h1-8,11H,9-10H2,(H,17,18)/b8-7+. The zero-order valence-electron chi connectivity index (χ0n) is 10.3. The third-order valence-electron chi connectivity index (χ3n) is 2.57. The van der Waals surface area contributed by atoms with Gasteiger partial charge in [-0.15, -0.1) is 11.3 Å². The van der Waals surface area contributed by atoms with E-state index in [0.29, 0.717) is 12.1 Å². The van der Waals surface area contributed by atoms with Crippen LogP contribution in [0.25, 0.3) is 6.08 Å². The molecule has 1 aromatic heterocycles. The van der Waals surface area contributed by atoms with Gasteiger partial charge in [-0.25, -0.2) is 4.39 Å². The Morgan fingerprint density at radius 2 is 2.11 bits per heavy atom. The smallest absolute Gasteiger partial charge is 0.244 e. The van der Waals surface area contributed by atoms with Crippen LogP contribution in [0.2, 0.25) is 0 Å². The van der Waals surface area contributed by atoms with E-state index in [-0.39, 0.29) is 11.7 Å². The van der Waals surface area contributed by atoms with Crippen LogP contribution in [0.4, 0.5) is 4.39 Å². The highest BCUT2D eigenvalue weighted by atomic mass is 32.1. The van der Waals surface area contributed by atoms with E-state index < -0.39 is 0 Å². The van der Waals surface area contributed by atoms with E-state index in [9.17, 15) is 9.18 Å². The van der Waals surface area contributed by atoms with E-state index in [1.165, 1.54) is 23.1 Å². The van der Waals surface area contributed by atoms with Crippen LogP contribution in [0.5, 0.6) is 0 Å². The molecule has 98 valence electrons. The maximum atomic E-state index is 13.3. The first kappa shape index (κ1) is 13.5. The molecule has 4 heteroatoms. The van der Waals surface area contributed by atoms with E-state index in [2.05, 4.69) is 5.32 Å². The molecule has 0 aliphatic rings. The van der Waals surface area contributed by atoms with Crippen LogP contribution < -0.4 is 5.32 Å². The molecule has 0 aliphatic carbocycles. The Hall–Kier alpha value is -1.94. The third kappa shape index (κ3) is 4.34. The first-order chi connectivity index (χ1) is 9.25. The molecular weight excluding hydrogens is 261 g/mol. The van der Waals surface area contributed by atoms with Gasteiger partial charge in [-0.3, -0.25) is 4.79 Å². The number of rotatable bonds is 5. The zero-order valence-corrected chi connectivity index (χ0v) is 11.1. The molecule has 1 aromatic carbocycles. The van der Waals surface area contributed by atoms with Crippen LogP contribution in [0.3, 0.4) is 0 Å². The minimum absolute atomic E-state index is 0.209. The van der Waals surface area contributed by atoms with Crippen molar-refractivity contribution in [1.82, 2.24) is 5.32 Å². The van der Waals surface area contributed by atoms with Crippen LogP contribution in [0.15, 0.2) is 47.9 Å². The summed E-state index contributed by atoms with van der Waals surface area (Å²) in [6, 6.07) is 10.4. The highest BCUT2D eigenvalue weighted by Gasteiger charge is 1.99. The summed E-state index contributed by atoms with van der Waals surface area (Å²) < 4.78 is 13.3. The third-order valence-corrected chi connectivity index (χ3v) is 3.51. The summed E-state index contributed by atoms with van der Waals surface area (Å²) in [7, 11) is 0. The van der Waals surface area contributed by atoms with E-state index in [4.69, 9.17) is 0 Å². The fraction of sp³-hybridized carbons (Fsp3) is 0.133. The summed E-state index contributed by atoms with van der Waals surface area (Å²) in [5, 5.41) is 4.78. The van der Waals surface area contributed by atoms with Gasteiger partial charge in [0.05, 0.1) is 0 Å². The molecule has 0 atom stereocenters. The first-order valence-electron chi connectivity index (χ1n) is 5.98. The monoisotopic (exact) mass is 275 g/mol. The average molecular weight is 275 g/mol. The van der Waals surface area contributed by atoms with Crippen molar-refractivity contribution in [2.24, 2.45) is 0 Å². The van der Waals surface area contributed by atoms with E-state index in [1.54, 1.807) is 29.5 Å². The molecule has 0 fully saturated rings. The molecule has 0 bridgehead atoms. The molecule has 0 saturated carbocycles. The van der Waals surface area contributed by atoms with Gasteiger partial charge in [0, 0.05) is 23.1 Å². The largest absolute Gasteiger partial charge is 0.352 e. The van der Waals surface area contributed by atoms with Gasteiger partial charge in [-0.2, -0.15) is 0 Å². The first-order valence-corrected chi connectivity index (χ1v) is 6.86. The summed E-state index contributed by atoms with van der Waals surface area (Å²) in [4.78, 5) is 12.8. The quantitative estimate of drug-likeness (QED) is 0.834. The number of carbonyl (C=O) groups is 1. The molecule has 1 N–H and O–H groups in total. The van der Waals surface area contributed by atoms with Crippen molar-refractivity contribution in [3.05, 3.63) is 64.1 Å². The van der Waals surface area contributed by atoms with E-state index in [0.717, 1.165) is 6.42 Å². The number of hydrogen-bond donors (Lipinski definition) is 1. The van der Waals surface area contributed by atoms with Gasteiger partial charge in [0.2, 0.25) is 5.91 Å². The van der Waals surface area contributed by atoms with Crippen molar-refractivity contribution in [3.63, 3.8) is 0 Å². The van der Waals surface area contributed by atoms with Crippen LogP contribution in [-0.2, 0) is 11.2 Å². The normalized spacial score (nSPS) is 10.8. The van der Waals surface area contributed by atoms with Gasteiger partial charge < -0.3 is 5.32 Å². The van der Waals surface area contributed by atoms with Gasteiger partial charge in [-0.1, -0.05) is 24.3 Å². The fourth-order valence-electron chi connectivity index (χ4n) is 1.60. The van der Waals surface area contributed by atoms with Crippen molar-refractivity contribution in [1.29, 1.82) is 0 Å². The number of amides is 1. The molecule has 0 unspecified atom stereocenters. The lowest BCUT2D eigenvalue weighted by molar-refractivity contribution is -0.116. The summed E-state index contributed by atoms with van der Waals surface area (Å²) in [6.45, 7) is 0.584. The van der Waals surface area contributed by atoms with Crippen LogP contribution in [0.1, 0.15) is 10.4 Å². The number of nitrogens with one attached hydrogen (secondary N) is 1. The summed E-state index contributed by atoms with van der Waals surface area (Å²) >= 11 is 1.67.